The van der Waals surface area contributed by atoms with Crippen molar-refractivity contribution in [2.75, 3.05) is 13.1 Å². The Morgan fingerprint density at radius 1 is 0.600 bits per heavy atom. The van der Waals surface area contributed by atoms with Crippen LogP contribution >= 0.6 is 0 Å². The molecule has 0 fully saturated rings. The van der Waals surface area contributed by atoms with Gasteiger partial charge in [-0.15, -0.1) is 0 Å². The zero-order valence-corrected chi connectivity index (χ0v) is 16.3. The minimum Gasteiger partial charge on any atom is -0.313 e. The van der Waals surface area contributed by atoms with Crippen molar-refractivity contribution in [3.8, 4) is 0 Å². The first-order valence-electron chi connectivity index (χ1n) is 9.65. The second-order valence-electron chi connectivity index (χ2n) is 7.50. The molecule has 2 aromatic rings. The van der Waals surface area contributed by atoms with E-state index in [0.717, 1.165) is 32.6 Å². The Hall–Kier alpha value is -1.64. The fourth-order valence-electron chi connectivity index (χ4n) is 2.84. The van der Waals surface area contributed by atoms with E-state index in [-0.39, 0.29) is 0 Å². The SMILES string of the molecule is CC(C)c1ccc(CNCCCNCc2ccc(C(C)C)cc2)cc1. The van der Waals surface area contributed by atoms with E-state index >= 15 is 0 Å². The number of rotatable bonds is 10. The third kappa shape index (κ3) is 7.01. The van der Waals surface area contributed by atoms with Crippen LogP contribution in [-0.2, 0) is 13.1 Å². The number of hydrogen-bond donors (Lipinski definition) is 2. The lowest BCUT2D eigenvalue weighted by Crippen LogP contribution is -2.21. The molecule has 2 rings (SSSR count). The van der Waals surface area contributed by atoms with Gasteiger partial charge in [-0.05, 0) is 53.6 Å². The first-order chi connectivity index (χ1) is 12.1. The summed E-state index contributed by atoms with van der Waals surface area (Å²) in [5.41, 5.74) is 5.55. The molecule has 25 heavy (non-hydrogen) atoms. The molecule has 2 nitrogen and oxygen atoms in total. The molecular weight excluding hydrogens is 304 g/mol. The van der Waals surface area contributed by atoms with Crippen LogP contribution in [0.15, 0.2) is 48.5 Å². The van der Waals surface area contributed by atoms with Gasteiger partial charge in [-0.3, -0.25) is 0 Å². The maximum atomic E-state index is 3.53. The van der Waals surface area contributed by atoms with Crippen molar-refractivity contribution in [3.63, 3.8) is 0 Å². The van der Waals surface area contributed by atoms with Gasteiger partial charge in [0.15, 0.2) is 0 Å². The van der Waals surface area contributed by atoms with Gasteiger partial charge in [0.25, 0.3) is 0 Å². The molecule has 2 heteroatoms. The highest BCUT2D eigenvalue weighted by atomic mass is 14.9. The van der Waals surface area contributed by atoms with Crippen LogP contribution < -0.4 is 10.6 Å². The van der Waals surface area contributed by atoms with E-state index in [0.29, 0.717) is 11.8 Å². The molecule has 0 atom stereocenters. The third-order valence-electron chi connectivity index (χ3n) is 4.66. The minimum atomic E-state index is 0.606. The number of hydrogen-bond acceptors (Lipinski definition) is 2. The van der Waals surface area contributed by atoms with Gasteiger partial charge in [0.05, 0.1) is 0 Å². The van der Waals surface area contributed by atoms with Crippen LogP contribution in [0, 0.1) is 0 Å². The average Bonchev–Trinajstić information content (AvgIpc) is 2.61. The highest BCUT2D eigenvalue weighted by Crippen LogP contribution is 2.15. The molecule has 0 aromatic heterocycles. The number of nitrogens with one attached hydrogen (secondary N) is 2. The molecule has 0 bridgehead atoms. The maximum absolute atomic E-state index is 3.53. The summed E-state index contributed by atoms with van der Waals surface area (Å²) in [5, 5.41) is 7.06. The summed E-state index contributed by atoms with van der Waals surface area (Å²) >= 11 is 0. The molecule has 0 unspecified atom stereocenters. The summed E-state index contributed by atoms with van der Waals surface area (Å²) in [6.07, 6.45) is 1.15. The van der Waals surface area contributed by atoms with E-state index in [9.17, 15) is 0 Å². The Balaban J connectivity index is 1.56. The molecule has 0 saturated carbocycles. The lowest BCUT2D eigenvalue weighted by molar-refractivity contribution is 0.595. The molecule has 0 heterocycles. The smallest absolute Gasteiger partial charge is 0.0205 e. The highest BCUT2D eigenvalue weighted by molar-refractivity contribution is 5.25. The fourth-order valence-corrected chi connectivity index (χ4v) is 2.84. The monoisotopic (exact) mass is 338 g/mol. The number of benzene rings is 2. The van der Waals surface area contributed by atoms with Crippen molar-refractivity contribution in [1.29, 1.82) is 0 Å². The van der Waals surface area contributed by atoms with Gasteiger partial charge < -0.3 is 10.6 Å². The van der Waals surface area contributed by atoms with Gasteiger partial charge in [0, 0.05) is 13.1 Å². The van der Waals surface area contributed by atoms with Crippen molar-refractivity contribution in [1.82, 2.24) is 10.6 Å². The topological polar surface area (TPSA) is 24.1 Å². The molecule has 0 radical (unpaired) electrons. The van der Waals surface area contributed by atoms with Crippen molar-refractivity contribution in [2.24, 2.45) is 0 Å². The molecule has 136 valence electrons. The van der Waals surface area contributed by atoms with Crippen molar-refractivity contribution < 1.29 is 0 Å². The van der Waals surface area contributed by atoms with E-state index in [2.05, 4.69) is 86.9 Å². The van der Waals surface area contributed by atoms with E-state index in [4.69, 9.17) is 0 Å². The molecule has 0 aliphatic rings. The largest absolute Gasteiger partial charge is 0.313 e. The van der Waals surface area contributed by atoms with Gasteiger partial charge in [-0.2, -0.15) is 0 Å². The van der Waals surface area contributed by atoms with E-state index in [1.807, 2.05) is 0 Å². The molecule has 0 aliphatic carbocycles. The summed E-state index contributed by atoms with van der Waals surface area (Å²) in [7, 11) is 0. The Morgan fingerprint density at radius 2 is 0.960 bits per heavy atom. The normalized spacial score (nSPS) is 11.4. The van der Waals surface area contributed by atoms with Crippen molar-refractivity contribution in [3.05, 3.63) is 70.8 Å². The van der Waals surface area contributed by atoms with Crippen LogP contribution in [0.3, 0.4) is 0 Å². The molecular formula is C23H34N2. The van der Waals surface area contributed by atoms with E-state index in [1.54, 1.807) is 0 Å². The molecule has 0 aliphatic heterocycles. The summed E-state index contributed by atoms with van der Waals surface area (Å²) < 4.78 is 0. The molecule has 2 N–H and O–H groups in total. The second kappa shape index (κ2) is 10.4. The first kappa shape index (κ1) is 19.7. The lowest BCUT2D eigenvalue weighted by Gasteiger charge is -2.09. The van der Waals surface area contributed by atoms with Crippen molar-refractivity contribution >= 4 is 0 Å². The summed E-state index contributed by atoms with van der Waals surface area (Å²) in [6.45, 7) is 12.9. The van der Waals surface area contributed by atoms with Gasteiger partial charge in [-0.25, -0.2) is 0 Å². The van der Waals surface area contributed by atoms with Gasteiger partial charge in [0.1, 0.15) is 0 Å². The van der Waals surface area contributed by atoms with Crippen LogP contribution in [0.1, 0.15) is 68.2 Å². The van der Waals surface area contributed by atoms with Crippen molar-refractivity contribution in [2.45, 2.75) is 59.0 Å². The Labute approximate surface area is 154 Å². The Morgan fingerprint density at radius 3 is 1.28 bits per heavy atom. The predicted octanol–water partition coefficient (Wildman–Crippen LogP) is 5.20. The predicted molar refractivity (Wildman–Crippen MR) is 109 cm³/mol. The van der Waals surface area contributed by atoms with E-state index < -0.39 is 0 Å². The maximum Gasteiger partial charge on any atom is 0.0205 e. The van der Waals surface area contributed by atoms with E-state index in [1.165, 1.54) is 22.3 Å². The summed E-state index contributed by atoms with van der Waals surface area (Å²) in [4.78, 5) is 0. The zero-order chi connectivity index (χ0) is 18.1. The zero-order valence-electron chi connectivity index (χ0n) is 16.3. The molecule has 2 aromatic carbocycles. The van der Waals surface area contributed by atoms with Crippen LogP contribution in [0.2, 0.25) is 0 Å². The summed E-state index contributed by atoms with van der Waals surface area (Å²) in [5.74, 6) is 1.21. The van der Waals surface area contributed by atoms with Crippen LogP contribution in [-0.4, -0.2) is 13.1 Å². The lowest BCUT2D eigenvalue weighted by atomic mass is 10.0. The first-order valence-corrected chi connectivity index (χ1v) is 9.65. The average molecular weight is 339 g/mol. The standard InChI is InChI=1S/C23H34N2/c1-18(2)22-10-6-20(7-11-22)16-24-14-5-15-25-17-21-8-12-23(13-9-21)19(3)4/h6-13,18-19,24-25H,5,14-17H2,1-4H3. The van der Waals surface area contributed by atoms with Crippen LogP contribution in [0.25, 0.3) is 0 Å². The third-order valence-corrected chi connectivity index (χ3v) is 4.66. The molecule has 0 spiro atoms. The quantitative estimate of drug-likeness (QED) is 0.582. The Bertz CT molecular complexity index is 541. The van der Waals surface area contributed by atoms with Crippen LogP contribution in [0.5, 0.6) is 0 Å². The van der Waals surface area contributed by atoms with Crippen LogP contribution in [0.4, 0.5) is 0 Å². The fraction of sp³-hybridized carbons (Fsp3) is 0.478. The van der Waals surface area contributed by atoms with Gasteiger partial charge in [-0.1, -0.05) is 76.2 Å². The minimum absolute atomic E-state index is 0.606. The molecule has 0 saturated heterocycles. The van der Waals surface area contributed by atoms with Gasteiger partial charge >= 0.3 is 0 Å². The van der Waals surface area contributed by atoms with Gasteiger partial charge in [0.2, 0.25) is 0 Å². The Kier molecular flexibility index (Phi) is 8.17. The molecule has 0 amide bonds. The highest BCUT2D eigenvalue weighted by Gasteiger charge is 2.00. The summed E-state index contributed by atoms with van der Waals surface area (Å²) in [6, 6.07) is 17.9. The second-order valence-corrected chi connectivity index (χ2v) is 7.50.